The van der Waals surface area contributed by atoms with E-state index in [-0.39, 0.29) is 37.0 Å². The quantitative estimate of drug-likeness (QED) is 0.826. The van der Waals surface area contributed by atoms with Crippen LogP contribution in [-0.2, 0) is 16.1 Å². The summed E-state index contributed by atoms with van der Waals surface area (Å²) in [4.78, 5) is 41.6. The monoisotopic (exact) mass is 345 g/mol. The van der Waals surface area contributed by atoms with Gasteiger partial charge in [0.15, 0.2) is 0 Å². The molecule has 0 saturated heterocycles. The third-order valence-corrected chi connectivity index (χ3v) is 4.37. The van der Waals surface area contributed by atoms with E-state index in [1.54, 1.807) is 12.1 Å². The van der Waals surface area contributed by atoms with Crippen molar-refractivity contribution in [1.29, 1.82) is 0 Å². The number of carboxylic acids is 1. The zero-order valence-electron chi connectivity index (χ0n) is 14.7. The number of para-hydroxylation sites is 1. The van der Waals surface area contributed by atoms with Gasteiger partial charge in [-0.15, -0.1) is 0 Å². The predicted molar refractivity (Wildman–Crippen MR) is 94.5 cm³/mol. The Morgan fingerprint density at radius 3 is 2.72 bits per heavy atom. The molecule has 0 spiro atoms. The summed E-state index contributed by atoms with van der Waals surface area (Å²) in [7, 11) is 0. The number of hydrogen-bond acceptors (Lipinski definition) is 4. The molecule has 1 atom stereocenters. The number of fused-ring (bicyclic) bond motifs is 1. The summed E-state index contributed by atoms with van der Waals surface area (Å²) in [6.07, 6.45) is 2.15. The lowest BCUT2D eigenvalue weighted by Crippen LogP contribution is -2.42. The molecule has 7 heteroatoms. The van der Waals surface area contributed by atoms with Gasteiger partial charge in [0.1, 0.15) is 6.54 Å². The van der Waals surface area contributed by atoms with Crippen LogP contribution in [0.2, 0.25) is 0 Å². The highest BCUT2D eigenvalue weighted by Crippen LogP contribution is 2.12. The van der Waals surface area contributed by atoms with Crippen LogP contribution < -0.4 is 5.56 Å². The van der Waals surface area contributed by atoms with Crippen LogP contribution in [0.5, 0.6) is 0 Å². The van der Waals surface area contributed by atoms with Crippen molar-refractivity contribution in [3.05, 3.63) is 40.4 Å². The molecule has 0 aliphatic heterocycles. The van der Waals surface area contributed by atoms with Gasteiger partial charge in [-0.05, 0) is 31.9 Å². The molecule has 0 radical (unpaired) electrons. The third-order valence-electron chi connectivity index (χ3n) is 4.37. The molecule has 0 aliphatic rings. The largest absolute Gasteiger partial charge is 0.480 e. The molecule has 2 rings (SSSR count). The molecular weight excluding hydrogens is 322 g/mol. The minimum atomic E-state index is -1.05. The van der Waals surface area contributed by atoms with Gasteiger partial charge in [-0.1, -0.05) is 19.1 Å². The number of hydrogen-bond donors (Lipinski definition) is 1. The number of aromatic nitrogens is 2. The van der Waals surface area contributed by atoms with Gasteiger partial charge in [0.25, 0.3) is 5.56 Å². The second kappa shape index (κ2) is 7.92. The minimum Gasteiger partial charge on any atom is -0.480 e. The fourth-order valence-electron chi connectivity index (χ4n) is 2.71. The molecular formula is C18H23N3O4. The molecule has 1 aromatic carbocycles. The number of carboxylic acid groups (broad SMARTS) is 1. The molecule has 134 valence electrons. The highest BCUT2D eigenvalue weighted by molar-refractivity contribution is 5.82. The molecule has 25 heavy (non-hydrogen) atoms. The van der Waals surface area contributed by atoms with Crippen LogP contribution in [0.1, 0.15) is 32.3 Å². The zero-order chi connectivity index (χ0) is 18.6. The summed E-state index contributed by atoms with van der Waals surface area (Å²) >= 11 is 0. The Morgan fingerprint density at radius 2 is 2.08 bits per heavy atom. The lowest BCUT2D eigenvalue weighted by Gasteiger charge is -2.27. The van der Waals surface area contributed by atoms with Crippen molar-refractivity contribution in [2.24, 2.45) is 0 Å². The van der Waals surface area contributed by atoms with Crippen LogP contribution in [0.15, 0.2) is 29.3 Å². The van der Waals surface area contributed by atoms with E-state index in [1.807, 2.05) is 26.8 Å². The number of aryl methyl sites for hydroxylation is 2. The van der Waals surface area contributed by atoms with Crippen LogP contribution in [0, 0.1) is 6.92 Å². The smallest absolute Gasteiger partial charge is 0.323 e. The number of carbonyl (C=O) groups excluding carboxylic acids is 1. The van der Waals surface area contributed by atoms with Crippen molar-refractivity contribution >= 4 is 22.8 Å². The van der Waals surface area contributed by atoms with E-state index in [0.29, 0.717) is 17.3 Å². The van der Waals surface area contributed by atoms with E-state index < -0.39 is 5.97 Å². The maximum Gasteiger partial charge on any atom is 0.323 e. The molecule has 0 saturated carbocycles. The van der Waals surface area contributed by atoms with Crippen LogP contribution >= 0.6 is 0 Å². The highest BCUT2D eigenvalue weighted by Gasteiger charge is 2.21. The summed E-state index contributed by atoms with van der Waals surface area (Å²) in [6.45, 7) is 5.43. The van der Waals surface area contributed by atoms with Crippen molar-refractivity contribution < 1.29 is 14.7 Å². The summed E-state index contributed by atoms with van der Waals surface area (Å²) in [5.74, 6) is -1.33. The third kappa shape index (κ3) is 4.23. The Labute approximate surface area is 145 Å². The van der Waals surface area contributed by atoms with Crippen LogP contribution in [0.4, 0.5) is 0 Å². The average Bonchev–Trinajstić information content (AvgIpc) is 2.58. The van der Waals surface area contributed by atoms with E-state index >= 15 is 0 Å². The van der Waals surface area contributed by atoms with Gasteiger partial charge in [0.2, 0.25) is 5.91 Å². The van der Waals surface area contributed by atoms with Crippen LogP contribution in [-0.4, -0.2) is 44.0 Å². The minimum absolute atomic E-state index is 0.0521. The van der Waals surface area contributed by atoms with E-state index in [0.717, 1.165) is 5.56 Å². The molecule has 0 fully saturated rings. The first-order valence-electron chi connectivity index (χ1n) is 8.31. The second-order valence-corrected chi connectivity index (χ2v) is 6.14. The maximum absolute atomic E-state index is 12.5. The number of carbonyl (C=O) groups is 2. The zero-order valence-corrected chi connectivity index (χ0v) is 14.7. The topological polar surface area (TPSA) is 92.5 Å². The summed E-state index contributed by atoms with van der Waals surface area (Å²) in [5.41, 5.74) is 1.37. The summed E-state index contributed by atoms with van der Waals surface area (Å²) in [6, 6.07) is 5.23. The molecule has 2 aromatic rings. The van der Waals surface area contributed by atoms with Crippen molar-refractivity contribution in [2.75, 3.05) is 6.54 Å². The first-order chi connectivity index (χ1) is 11.8. The molecule has 0 bridgehead atoms. The number of benzene rings is 1. The highest BCUT2D eigenvalue weighted by atomic mass is 16.4. The Morgan fingerprint density at radius 1 is 1.36 bits per heavy atom. The molecule has 1 amide bonds. The van der Waals surface area contributed by atoms with Crippen molar-refractivity contribution in [2.45, 2.75) is 46.2 Å². The van der Waals surface area contributed by atoms with Gasteiger partial charge in [0.05, 0.1) is 17.2 Å². The second-order valence-electron chi connectivity index (χ2n) is 6.14. The number of nitrogens with zero attached hydrogens (tertiary/aromatic N) is 3. The Balaban J connectivity index is 2.18. The molecule has 1 heterocycles. The predicted octanol–water partition coefficient (Wildman–Crippen LogP) is 1.81. The fraction of sp³-hybridized carbons (Fsp3) is 0.444. The lowest BCUT2D eigenvalue weighted by molar-refractivity contribution is -0.146. The SMILES string of the molecule is CCC(C)N(CC(=O)O)C(=O)CCn1cnc2c(C)cccc2c1=O. The molecule has 1 aromatic heterocycles. The van der Waals surface area contributed by atoms with E-state index in [9.17, 15) is 14.4 Å². The van der Waals surface area contributed by atoms with Gasteiger partial charge >= 0.3 is 5.97 Å². The number of amides is 1. The molecule has 0 aliphatic carbocycles. The number of aliphatic carboxylic acids is 1. The maximum atomic E-state index is 12.5. The molecule has 7 nitrogen and oxygen atoms in total. The van der Waals surface area contributed by atoms with Gasteiger partial charge < -0.3 is 10.0 Å². The Bertz CT molecular complexity index is 844. The van der Waals surface area contributed by atoms with Gasteiger partial charge in [0, 0.05) is 19.0 Å². The van der Waals surface area contributed by atoms with E-state index in [1.165, 1.54) is 15.8 Å². The van der Waals surface area contributed by atoms with E-state index in [2.05, 4.69) is 4.98 Å². The van der Waals surface area contributed by atoms with Crippen molar-refractivity contribution in [1.82, 2.24) is 14.5 Å². The molecule has 1 unspecified atom stereocenters. The van der Waals surface area contributed by atoms with Gasteiger partial charge in [-0.25, -0.2) is 4.98 Å². The van der Waals surface area contributed by atoms with Crippen LogP contribution in [0.25, 0.3) is 10.9 Å². The standard InChI is InChI=1S/C18H23N3O4/c1-4-13(3)21(10-16(23)24)15(22)8-9-20-11-19-17-12(2)6-5-7-14(17)18(20)25/h5-7,11,13H,4,8-10H2,1-3H3,(H,23,24). The summed E-state index contributed by atoms with van der Waals surface area (Å²) in [5, 5.41) is 9.51. The van der Waals surface area contributed by atoms with Crippen LogP contribution in [0.3, 0.4) is 0 Å². The Kier molecular flexibility index (Phi) is 5.90. The normalized spacial score (nSPS) is 12.1. The summed E-state index contributed by atoms with van der Waals surface area (Å²) < 4.78 is 1.40. The van der Waals surface area contributed by atoms with Crippen molar-refractivity contribution in [3.8, 4) is 0 Å². The lowest BCUT2D eigenvalue weighted by atomic mass is 10.1. The van der Waals surface area contributed by atoms with Crippen molar-refractivity contribution in [3.63, 3.8) is 0 Å². The van der Waals surface area contributed by atoms with Gasteiger partial charge in [-0.3, -0.25) is 19.0 Å². The molecule has 1 N–H and O–H groups in total. The first kappa shape index (κ1) is 18.6. The Hall–Kier alpha value is -2.70. The van der Waals surface area contributed by atoms with E-state index in [4.69, 9.17) is 5.11 Å². The fourth-order valence-corrected chi connectivity index (χ4v) is 2.71. The average molecular weight is 345 g/mol. The number of rotatable bonds is 7. The first-order valence-corrected chi connectivity index (χ1v) is 8.31. The van der Waals surface area contributed by atoms with Gasteiger partial charge in [-0.2, -0.15) is 0 Å².